The van der Waals surface area contributed by atoms with E-state index in [1.54, 1.807) is 6.07 Å². The Morgan fingerprint density at radius 2 is 2.17 bits per heavy atom. The molecule has 1 aromatic rings. The molecule has 0 saturated carbocycles. The highest BCUT2D eigenvalue weighted by atomic mass is 35.5. The van der Waals surface area contributed by atoms with Gasteiger partial charge in [-0.3, -0.25) is 0 Å². The van der Waals surface area contributed by atoms with Gasteiger partial charge >= 0.3 is 5.97 Å². The number of piperidine rings is 1. The molecule has 1 saturated heterocycles. The van der Waals surface area contributed by atoms with E-state index >= 15 is 0 Å². The first kappa shape index (κ1) is 13.2. The van der Waals surface area contributed by atoms with Crippen molar-refractivity contribution < 1.29 is 9.90 Å². The van der Waals surface area contributed by atoms with Gasteiger partial charge in [-0.05, 0) is 43.9 Å². The summed E-state index contributed by atoms with van der Waals surface area (Å²) in [6, 6.07) is 5.42. The van der Waals surface area contributed by atoms with Crippen LogP contribution < -0.4 is 4.90 Å². The minimum Gasteiger partial charge on any atom is -0.478 e. The quantitative estimate of drug-likeness (QED) is 0.889. The van der Waals surface area contributed by atoms with Crippen molar-refractivity contribution in [1.29, 1.82) is 0 Å². The second-order valence-corrected chi connectivity index (χ2v) is 5.55. The highest BCUT2D eigenvalue weighted by Crippen LogP contribution is 2.33. The number of benzene rings is 1. The summed E-state index contributed by atoms with van der Waals surface area (Å²) in [4.78, 5) is 13.1. The summed E-state index contributed by atoms with van der Waals surface area (Å²) in [5.74, 6) is -0.197. The van der Waals surface area contributed by atoms with Crippen LogP contribution in [0.25, 0.3) is 0 Å². The lowest BCUT2D eigenvalue weighted by Crippen LogP contribution is -2.40. The fourth-order valence-electron chi connectivity index (χ4n) is 2.64. The Bertz CT molecular complexity index is 461. The number of rotatable bonds is 2. The molecule has 1 aliphatic heterocycles. The first-order chi connectivity index (χ1) is 8.49. The molecule has 0 spiro atoms. The topological polar surface area (TPSA) is 40.5 Å². The van der Waals surface area contributed by atoms with Crippen LogP contribution in [0.1, 0.15) is 37.0 Å². The van der Waals surface area contributed by atoms with Crippen molar-refractivity contribution in [1.82, 2.24) is 0 Å². The maximum Gasteiger partial charge on any atom is 0.335 e. The van der Waals surface area contributed by atoms with Gasteiger partial charge in [0.2, 0.25) is 0 Å². The van der Waals surface area contributed by atoms with Crippen LogP contribution in [-0.4, -0.2) is 23.7 Å². The fraction of sp³-hybridized carbons (Fsp3) is 0.500. The highest BCUT2D eigenvalue weighted by Gasteiger charge is 2.24. The van der Waals surface area contributed by atoms with Crippen LogP contribution >= 0.6 is 11.6 Å². The van der Waals surface area contributed by atoms with Crippen LogP contribution in [0, 0.1) is 5.92 Å². The lowest BCUT2D eigenvalue weighted by molar-refractivity contribution is 0.0697. The summed E-state index contributed by atoms with van der Waals surface area (Å²) in [6.45, 7) is 5.44. The maximum absolute atomic E-state index is 10.9. The van der Waals surface area contributed by atoms with Crippen molar-refractivity contribution in [2.24, 2.45) is 5.92 Å². The molecule has 1 aliphatic rings. The van der Waals surface area contributed by atoms with E-state index in [2.05, 4.69) is 18.7 Å². The van der Waals surface area contributed by atoms with Gasteiger partial charge in [-0.15, -0.1) is 0 Å². The minimum atomic E-state index is -0.941. The third kappa shape index (κ3) is 2.61. The molecule has 4 heteroatoms. The van der Waals surface area contributed by atoms with Gasteiger partial charge in [0.1, 0.15) is 0 Å². The van der Waals surface area contributed by atoms with E-state index in [1.165, 1.54) is 6.07 Å². The lowest BCUT2D eigenvalue weighted by Gasteiger charge is -2.38. The molecule has 0 aliphatic carbocycles. The normalized spacial score (nSPS) is 24.1. The molecule has 0 bridgehead atoms. The number of hydrogen-bond donors (Lipinski definition) is 1. The van der Waals surface area contributed by atoms with Gasteiger partial charge < -0.3 is 10.0 Å². The number of carboxylic acids is 1. The molecular formula is C14H18ClNO2. The van der Waals surface area contributed by atoms with Gasteiger partial charge in [0.15, 0.2) is 0 Å². The van der Waals surface area contributed by atoms with E-state index < -0.39 is 5.97 Å². The van der Waals surface area contributed by atoms with Crippen molar-refractivity contribution >= 4 is 23.3 Å². The lowest BCUT2D eigenvalue weighted by atomic mass is 9.93. The third-order valence-electron chi connectivity index (χ3n) is 3.64. The average Bonchev–Trinajstić information content (AvgIpc) is 2.30. The zero-order valence-electron chi connectivity index (χ0n) is 10.7. The smallest absolute Gasteiger partial charge is 0.335 e. The first-order valence-corrected chi connectivity index (χ1v) is 6.66. The second kappa shape index (κ2) is 5.19. The van der Waals surface area contributed by atoms with Gasteiger partial charge in [0.05, 0.1) is 16.3 Å². The minimum absolute atomic E-state index is 0.238. The van der Waals surface area contributed by atoms with Crippen LogP contribution in [0.5, 0.6) is 0 Å². The highest BCUT2D eigenvalue weighted by molar-refractivity contribution is 6.33. The van der Waals surface area contributed by atoms with Gasteiger partial charge in [-0.1, -0.05) is 18.5 Å². The van der Waals surface area contributed by atoms with Crippen molar-refractivity contribution in [2.75, 3.05) is 11.4 Å². The zero-order valence-corrected chi connectivity index (χ0v) is 11.4. The number of carboxylic acid groups (broad SMARTS) is 1. The van der Waals surface area contributed by atoms with Crippen molar-refractivity contribution in [3.8, 4) is 0 Å². The average molecular weight is 268 g/mol. The van der Waals surface area contributed by atoms with Gasteiger partial charge in [-0.25, -0.2) is 4.79 Å². The van der Waals surface area contributed by atoms with Gasteiger partial charge in [0, 0.05) is 12.6 Å². The SMILES string of the molecule is CC1CCN(c2ccc(C(=O)O)cc2Cl)C(C)C1. The maximum atomic E-state index is 10.9. The molecule has 3 nitrogen and oxygen atoms in total. The molecule has 0 aromatic heterocycles. The summed E-state index contributed by atoms with van der Waals surface area (Å²) in [6.07, 6.45) is 2.30. The standard InChI is InChI=1S/C14H18ClNO2/c1-9-5-6-16(10(2)7-9)13-4-3-11(14(17)18)8-12(13)15/h3-4,8-10H,5-7H2,1-2H3,(H,17,18). The Labute approximate surface area is 112 Å². The predicted octanol–water partition coefficient (Wildman–Crippen LogP) is 3.66. The molecule has 1 N–H and O–H groups in total. The van der Waals surface area contributed by atoms with Crippen LogP contribution in [0.15, 0.2) is 18.2 Å². The molecule has 2 unspecified atom stereocenters. The van der Waals surface area contributed by atoms with E-state index in [0.29, 0.717) is 11.1 Å². The molecule has 1 aromatic carbocycles. The zero-order chi connectivity index (χ0) is 13.3. The number of aromatic carboxylic acids is 1. The summed E-state index contributed by atoms with van der Waals surface area (Å²) < 4.78 is 0. The van der Waals surface area contributed by atoms with Crippen LogP contribution in [0.3, 0.4) is 0 Å². The first-order valence-electron chi connectivity index (χ1n) is 6.28. The Morgan fingerprint density at radius 1 is 1.44 bits per heavy atom. The number of carbonyl (C=O) groups is 1. The van der Waals surface area contributed by atoms with Gasteiger partial charge in [-0.2, -0.15) is 0 Å². The van der Waals surface area contributed by atoms with E-state index in [1.807, 2.05) is 6.07 Å². The summed E-state index contributed by atoms with van der Waals surface area (Å²) in [5.41, 5.74) is 1.18. The molecule has 0 amide bonds. The Hall–Kier alpha value is -1.22. The van der Waals surface area contributed by atoms with E-state index in [-0.39, 0.29) is 5.56 Å². The van der Waals surface area contributed by atoms with Crippen LogP contribution in [0.4, 0.5) is 5.69 Å². The Morgan fingerprint density at radius 3 is 2.72 bits per heavy atom. The van der Waals surface area contributed by atoms with E-state index in [4.69, 9.17) is 16.7 Å². The number of nitrogens with zero attached hydrogens (tertiary/aromatic N) is 1. The number of halogens is 1. The summed E-state index contributed by atoms with van der Waals surface area (Å²) >= 11 is 6.20. The Kier molecular flexibility index (Phi) is 3.81. The van der Waals surface area contributed by atoms with Crippen molar-refractivity contribution in [2.45, 2.75) is 32.7 Å². The molecule has 98 valence electrons. The van der Waals surface area contributed by atoms with Crippen molar-refractivity contribution in [3.05, 3.63) is 28.8 Å². The second-order valence-electron chi connectivity index (χ2n) is 5.14. The summed E-state index contributed by atoms with van der Waals surface area (Å²) in [5, 5.41) is 9.45. The number of hydrogen-bond acceptors (Lipinski definition) is 2. The molecule has 0 radical (unpaired) electrons. The monoisotopic (exact) mass is 267 g/mol. The molecule has 18 heavy (non-hydrogen) atoms. The molecule has 2 atom stereocenters. The molecular weight excluding hydrogens is 250 g/mol. The largest absolute Gasteiger partial charge is 0.478 e. The summed E-state index contributed by atoms with van der Waals surface area (Å²) in [7, 11) is 0. The Balaban J connectivity index is 2.26. The van der Waals surface area contributed by atoms with Crippen LogP contribution in [-0.2, 0) is 0 Å². The third-order valence-corrected chi connectivity index (χ3v) is 3.95. The number of anilines is 1. The fourth-order valence-corrected chi connectivity index (χ4v) is 2.93. The van der Waals surface area contributed by atoms with Crippen molar-refractivity contribution in [3.63, 3.8) is 0 Å². The molecule has 1 fully saturated rings. The van der Waals surface area contributed by atoms with E-state index in [9.17, 15) is 4.79 Å². The molecule has 1 heterocycles. The van der Waals surface area contributed by atoms with Crippen LogP contribution in [0.2, 0.25) is 5.02 Å². The van der Waals surface area contributed by atoms with Gasteiger partial charge in [0.25, 0.3) is 0 Å². The predicted molar refractivity (Wildman–Crippen MR) is 73.6 cm³/mol. The van der Waals surface area contributed by atoms with E-state index in [0.717, 1.165) is 31.0 Å². The molecule has 2 rings (SSSR count).